The molecule has 224 valence electrons. The summed E-state index contributed by atoms with van der Waals surface area (Å²) in [5, 5.41) is 5.23. The fourth-order valence-electron chi connectivity index (χ4n) is 4.58. The van der Waals surface area contributed by atoms with Crippen LogP contribution in [0.2, 0.25) is 0 Å². The van der Waals surface area contributed by atoms with Gasteiger partial charge in [0.25, 0.3) is 11.8 Å². The topological polar surface area (TPSA) is 145 Å². The van der Waals surface area contributed by atoms with Gasteiger partial charge in [0.15, 0.2) is 0 Å². The second-order valence-electron chi connectivity index (χ2n) is 9.52. The van der Waals surface area contributed by atoms with Crippen LogP contribution >= 0.6 is 0 Å². The zero-order valence-electron chi connectivity index (χ0n) is 23.5. The Morgan fingerprint density at radius 1 is 0.850 bits per heavy atom. The van der Waals surface area contributed by atoms with Crippen molar-refractivity contribution in [1.29, 1.82) is 0 Å². The number of nitrogens with one attached hydrogen (secondary N) is 2. The minimum absolute atomic E-state index is 0.0950. The van der Waals surface area contributed by atoms with Crippen molar-refractivity contribution < 1.29 is 42.9 Å². The lowest BCUT2D eigenvalue weighted by Gasteiger charge is -2.29. The van der Waals surface area contributed by atoms with Crippen LogP contribution in [0.3, 0.4) is 0 Å². The van der Waals surface area contributed by atoms with Gasteiger partial charge in [-0.1, -0.05) is 6.08 Å². The minimum atomic E-state index is -0.963. The van der Waals surface area contributed by atoms with Gasteiger partial charge in [0.05, 0.1) is 71.6 Å². The predicted molar refractivity (Wildman–Crippen MR) is 143 cm³/mol. The highest BCUT2D eigenvalue weighted by Crippen LogP contribution is 2.36. The van der Waals surface area contributed by atoms with E-state index in [1.54, 1.807) is 0 Å². The molecule has 13 nitrogen and oxygen atoms in total. The Kier molecular flexibility index (Phi) is 13.7. The summed E-state index contributed by atoms with van der Waals surface area (Å²) >= 11 is 0. The molecule has 3 aliphatic rings. The van der Waals surface area contributed by atoms with Crippen LogP contribution in [-0.2, 0) is 42.9 Å². The molecule has 13 heteroatoms. The molecule has 3 rings (SSSR count). The van der Waals surface area contributed by atoms with Crippen LogP contribution in [0, 0.1) is 0 Å². The average molecular weight is 567 g/mol. The average Bonchev–Trinajstić information content (AvgIpc) is 3.20. The van der Waals surface area contributed by atoms with Crippen LogP contribution in [-0.4, -0.2) is 133 Å². The van der Waals surface area contributed by atoms with Crippen LogP contribution < -0.4 is 10.6 Å². The van der Waals surface area contributed by atoms with Gasteiger partial charge < -0.3 is 33.9 Å². The third-order valence-corrected chi connectivity index (χ3v) is 6.69. The van der Waals surface area contributed by atoms with Gasteiger partial charge in [-0.25, -0.2) is 0 Å². The maximum Gasteiger partial charge on any atom is 0.264 e. The number of allylic oxidation sites excluding steroid dienone is 1. The fraction of sp³-hybridized carbons (Fsp3) is 0.704. The molecule has 2 heterocycles. The van der Waals surface area contributed by atoms with Crippen molar-refractivity contribution >= 4 is 23.6 Å². The van der Waals surface area contributed by atoms with Crippen molar-refractivity contribution in [3.8, 4) is 0 Å². The Hall–Kier alpha value is -2.68. The maximum atomic E-state index is 13.3. The number of carbonyl (C=O) groups excluding carboxylic acids is 4. The van der Waals surface area contributed by atoms with Crippen LogP contribution in [0.25, 0.3) is 0 Å². The van der Waals surface area contributed by atoms with Gasteiger partial charge in [0.1, 0.15) is 6.04 Å². The van der Waals surface area contributed by atoms with Crippen LogP contribution in [0.4, 0.5) is 0 Å². The maximum absolute atomic E-state index is 13.3. The zero-order chi connectivity index (χ0) is 28.7. The number of rotatable bonds is 20. The Labute approximate surface area is 235 Å². The van der Waals surface area contributed by atoms with Gasteiger partial charge >= 0.3 is 0 Å². The summed E-state index contributed by atoms with van der Waals surface area (Å²) in [6.45, 7) is 6.29. The number of amides is 4. The first-order valence-electron chi connectivity index (χ1n) is 13.9. The zero-order valence-corrected chi connectivity index (χ0v) is 23.5. The van der Waals surface area contributed by atoms with Crippen molar-refractivity contribution in [3.63, 3.8) is 0 Å². The van der Waals surface area contributed by atoms with E-state index in [9.17, 15) is 19.2 Å². The summed E-state index contributed by atoms with van der Waals surface area (Å²) in [6, 6.07) is -0.963. The van der Waals surface area contributed by atoms with Gasteiger partial charge in [-0.3, -0.25) is 29.4 Å². The molecule has 1 atom stereocenters. The SMILES string of the molecule is CNCCOCCOCCOCCOCCOCCN(C)C1=CCCC2=C1C(=O)N(C1CCC(=O)NC1=O)C2=O. The van der Waals surface area contributed by atoms with Gasteiger partial charge in [-0.15, -0.1) is 0 Å². The van der Waals surface area contributed by atoms with Gasteiger partial charge in [0, 0.05) is 37.8 Å². The lowest BCUT2D eigenvalue weighted by molar-refractivity contribution is -0.150. The molecule has 0 aromatic rings. The molecule has 2 N–H and O–H groups in total. The van der Waals surface area contributed by atoms with E-state index >= 15 is 0 Å². The number of imide groups is 2. The summed E-state index contributed by atoms with van der Waals surface area (Å²) < 4.78 is 27.4. The van der Waals surface area contributed by atoms with E-state index < -0.39 is 29.7 Å². The Bertz CT molecular complexity index is 952. The van der Waals surface area contributed by atoms with Gasteiger partial charge in [-0.2, -0.15) is 0 Å². The number of likely N-dealkylation sites (N-methyl/N-ethyl adjacent to an activating group) is 2. The van der Waals surface area contributed by atoms with Crippen molar-refractivity contribution in [2.24, 2.45) is 0 Å². The minimum Gasteiger partial charge on any atom is -0.378 e. The lowest BCUT2D eigenvalue weighted by Crippen LogP contribution is -2.54. The quantitative estimate of drug-likeness (QED) is 0.144. The molecule has 0 spiro atoms. The standard InChI is InChI=1S/C27H42N4O9/c1-28-8-10-36-12-14-38-16-18-40-19-17-39-15-13-37-11-9-30(2)21-5-3-4-20-24(21)27(35)31(26(20)34)22-6-7-23(32)29-25(22)33/h5,22,28H,3-4,6-19H2,1-2H3,(H,29,32,33). The molecule has 40 heavy (non-hydrogen) atoms. The van der Waals surface area contributed by atoms with Crippen molar-refractivity contribution in [1.82, 2.24) is 20.4 Å². The molecule has 1 saturated heterocycles. The Morgan fingerprint density at radius 2 is 1.43 bits per heavy atom. The fourth-order valence-corrected chi connectivity index (χ4v) is 4.58. The largest absolute Gasteiger partial charge is 0.378 e. The summed E-state index contributed by atoms with van der Waals surface area (Å²) in [5.41, 5.74) is 1.43. The van der Waals surface area contributed by atoms with Crippen molar-refractivity contribution in [2.75, 3.05) is 93.3 Å². The molecule has 0 bridgehead atoms. The third kappa shape index (κ3) is 9.18. The molecule has 0 saturated carbocycles. The van der Waals surface area contributed by atoms with E-state index in [1.807, 2.05) is 25.1 Å². The van der Waals surface area contributed by atoms with Crippen LogP contribution in [0.1, 0.15) is 25.7 Å². The molecular weight excluding hydrogens is 524 g/mol. The highest BCUT2D eigenvalue weighted by molar-refractivity contribution is 6.23. The molecule has 1 unspecified atom stereocenters. The monoisotopic (exact) mass is 566 g/mol. The van der Waals surface area contributed by atoms with E-state index in [1.165, 1.54) is 0 Å². The first-order chi connectivity index (χ1) is 19.5. The van der Waals surface area contributed by atoms with E-state index in [4.69, 9.17) is 23.7 Å². The van der Waals surface area contributed by atoms with Crippen LogP contribution in [0.5, 0.6) is 0 Å². The van der Waals surface area contributed by atoms with Crippen molar-refractivity contribution in [2.45, 2.75) is 31.7 Å². The molecule has 0 radical (unpaired) electrons. The lowest BCUT2D eigenvalue weighted by atomic mass is 9.96. The molecule has 0 aromatic heterocycles. The third-order valence-electron chi connectivity index (χ3n) is 6.69. The smallest absolute Gasteiger partial charge is 0.264 e. The van der Waals surface area contributed by atoms with Gasteiger partial charge in [0.2, 0.25) is 11.8 Å². The second kappa shape index (κ2) is 17.2. The summed E-state index contributed by atoms with van der Waals surface area (Å²) in [5.74, 6) is -1.92. The van der Waals surface area contributed by atoms with E-state index in [-0.39, 0.29) is 12.8 Å². The number of hydrogen-bond acceptors (Lipinski definition) is 11. The molecule has 2 aliphatic heterocycles. The molecular formula is C27H42N4O9. The first-order valence-corrected chi connectivity index (χ1v) is 13.9. The van der Waals surface area contributed by atoms with Crippen molar-refractivity contribution in [3.05, 3.63) is 22.9 Å². The van der Waals surface area contributed by atoms with Crippen LogP contribution in [0.15, 0.2) is 22.9 Å². The molecule has 1 fully saturated rings. The molecule has 0 aromatic carbocycles. The van der Waals surface area contributed by atoms with E-state index in [2.05, 4.69) is 10.6 Å². The first kappa shape index (κ1) is 31.8. The van der Waals surface area contributed by atoms with E-state index in [0.29, 0.717) is 102 Å². The number of piperidine rings is 1. The Morgan fingerprint density at radius 3 is 2.00 bits per heavy atom. The number of ether oxygens (including phenoxy) is 5. The van der Waals surface area contributed by atoms with E-state index in [0.717, 1.165) is 11.4 Å². The summed E-state index contributed by atoms with van der Waals surface area (Å²) in [6.07, 6.45) is 3.23. The highest BCUT2D eigenvalue weighted by Gasteiger charge is 2.47. The number of hydrogen-bond donors (Lipinski definition) is 2. The normalized spacial score (nSPS) is 19.3. The second-order valence-corrected chi connectivity index (χ2v) is 9.52. The molecule has 1 aliphatic carbocycles. The highest BCUT2D eigenvalue weighted by atomic mass is 16.6. The van der Waals surface area contributed by atoms with Gasteiger partial charge in [-0.05, 0) is 26.3 Å². The summed E-state index contributed by atoms with van der Waals surface area (Å²) in [7, 11) is 3.72. The Balaban J connectivity index is 1.26. The summed E-state index contributed by atoms with van der Waals surface area (Å²) in [4.78, 5) is 53.0. The number of carbonyl (C=O) groups is 4. The number of nitrogens with zero attached hydrogens (tertiary/aromatic N) is 2. The molecule has 4 amide bonds. The predicted octanol–water partition coefficient (Wildman–Crippen LogP) is -0.631.